The van der Waals surface area contributed by atoms with Crippen molar-refractivity contribution < 1.29 is 22.4 Å². The number of hydrogen-bond donors (Lipinski definition) is 1. The molecule has 0 spiro atoms. The van der Waals surface area contributed by atoms with Gasteiger partial charge in [-0.15, -0.1) is 0 Å². The van der Waals surface area contributed by atoms with Gasteiger partial charge in [-0.1, -0.05) is 0 Å². The second-order valence-electron chi connectivity index (χ2n) is 3.51. The molecule has 0 atom stereocenters. The van der Waals surface area contributed by atoms with E-state index in [-0.39, 0.29) is 5.69 Å². The lowest BCUT2D eigenvalue weighted by atomic mass is 10.1. The molecule has 0 aromatic heterocycles. The topological polar surface area (TPSA) is 52.9 Å². The van der Waals surface area contributed by atoms with E-state index in [2.05, 4.69) is 0 Å². The minimum absolute atomic E-state index is 0.328. The van der Waals surface area contributed by atoms with Crippen molar-refractivity contribution in [3.05, 3.63) is 29.1 Å². The van der Waals surface area contributed by atoms with Gasteiger partial charge >= 0.3 is 6.18 Å². The Kier molecular flexibility index (Phi) is 3.91. The summed E-state index contributed by atoms with van der Waals surface area (Å²) in [5, 5.41) is 10.3. The molecule has 1 aromatic rings. The molecule has 0 aliphatic heterocycles. The summed E-state index contributed by atoms with van der Waals surface area (Å²) < 4.78 is 51.0. The lowest BCUT2D eigenvalue weighted by Crippen LogP contribution is -2.14. The van der Waals surface area contributed by atoms with Crippen molar-refractivity contribution in [2.45, 2.75) is 19.5 Å². The molecule has 0 saturated carbocycles. The molecule has 1 N–H and O–H groups in total. The van der Waals surface area contributed by atoms with Gasteiger partial charge in [0.15, 0.2) is 0 Å². The molecule has 0 fully saturated rings. The Bertz CT molecular complexity index is 517. The molecule has 3 nitrogen and oxygen atoms in total. The lowest BCUT2D eigenvalue weighted by molar-refractivity contribution is -0.138. The summed E-state index contributed by atoms with van der Waals surface area (Å²) in [6.07, 6.45) is -5.22. The fourth-order valence-electron chi connectivity index (χ4n) is 1.32. The van der Waals surface area contributed by atoms with Crippen LogP contribution in [0.25, 0.3) is 0 Å². The van der Waals surface area contributed by atoms with Crippen molar-refractivity contribution in [1.29, 1.82) is 5.26 Å². The second kappa shape index (κ2) is 5.04. The maximum absolute atomic E-state index is 13.3. The van der Waals surface area contributed by atoms with Crippen molar-refractivity contribution in [3.63, 3.8) is 0 Å². The summed E-state index contributed by atoms with van der Waals surface area (Å²) in [5.74, 6) is -1.87. The number of halogens is 4. The van der Waals surface area contributed by atoms with Crippen molar-refractivity contribution in [2.24, 2.45) is 0 Å². The van der Waals surface area contributed by atoms with Crippen LogP contribution in [-0.2, 0) is 11.0 Å². The summed E-state index contributed by atoms with van der Waals surface area (Å²) in [4.78, 5) is 11.0. The zero-order valence-corrected chi connectivity index (χ0v) is 9.23. The van der Waals surface area contributed by atoms with Gasteiger partial charge in [0, 0.05) is 5.69 Å². The van der Waals surface area contributed by atoms with Gasteiger partial charge in [-0.3, -0.25) is 4.79 Å². The standard InChI is InChI=1S/C11H8F4N2O/c1-6-8(11(13,14)15)4-7(5-9(6)12)17-10(18)2-3-16/h4-5H,2H2,1H3,(H,17,18). The van der Waals surface area contributed by atoms with Crippen molar-refractivity contribution in [2.75, 3.05) is 5.32 Å². The SMILES string of the molecule is Cc1c(F)cc(NC(=O)CC#N)cc1C(F)(F)F. The first-order valence-electron chi connectivity index (χ1n) is 4.80. The minimum atomic E-state index is -4.71. The quantitative estimate of drug-likeness (QED) is 0.831. The zero-order valence-electron chi connectivity index (χ0n) is 9.23. The Labute approximate surface area is 100 Å². The molecular weight excluding hydrogens is 252 g/mol. The van der Waals surface area contributed by atoms with E-state index in [1.165, 1.54) is 6.07 Å². The Morgan fingerprint density at radius 2 is 2.06 bits per heavy atom. The molecule has 0 heterocycles. The average molecular weight is 260 g/mol. The Hall–Kier alpha value is -2.10. The summed E-state index contributed by atoms with van der Waals surface area (Å²) in [6, 6.07) is 2.94. The predicted molar refractivity (Wildman–Crippen MR) is 55.0 cm³/mol. The predicted octanol–water partition coefficient (Wildman–Crippen LogP) is 3.01. The van der Waals surface area contributed by atoms with Crippen molar-refractivity contribution in [3.8, 4) is 6.07 Å². The molecule has 0 aliphatic carbocycles. The molecule has 7 heteroatoms. The highest BCUT2D eigenvalue weighted by Gasteiger charge is 2.34. The minimum Gasteiger partial charge on any atom is -0.325 e. The van der Waals surface area contributed by atoms with Gasteiger partial charge < -0.3 is 5.32 Å². The van der Waals surface area contributed by atoms with E-state index < -0.39 is 35.4 Å². The van der Waals surface area contributed by atoms with Crippen LogP contribution in [-0.4, -0.2) is 5.91 Å². The van der Waals surface area contributed by atoms with E-state index in [1.54, 1.807) is 0 Å². The number of carbonyl (C=O) groups is 1. The van der Waals surface area contributed by atoms with Crippen LogP contribution in [0.1, 0.15) is 17.5 Å². The molecule has 0 radical (unpaired) electrons. The van der Waals surface area contributed by atoms with Crippen LogP contribution >= 0.6 is 0 Å². The van der Waals surface area contributed by atoms with E-state index in [0.29, 0.717) is 6.07 Å². The molecule has 0 unspecified atom stereocenters. The van der Waals surface area contributed by atoms with E-state index in [0.717, 1.165) is 13.0 Å². The molecule has 0 saturated heterocycles. The van der Waals surface area contributed by atoms with Crippen LogP contribution in [0.15, 0.2) is 12.1 Å². The highest BCUT2D eigenvalue weighted by molar-refractivity contribution is 5.92. The fraction of sp³-hybridized carbons (Fsp3) is 0.273. The van der Waals surface area contributed by atoms with Crippen LogP contribution in [0.2, 0.25) is 0 Å². The van der Waals surface area contributed by atoms with Crippen LogP contribution in [0.4, 0.5) is 23.2 Å². The normalized spacial score (nSPS) is 10.9. The third-order valence-electron chi connectivity index (χ3n) is 2.17. The number of carbonyl (C=O) groups excluding carboxylic acids is 1. The zero-order chi connectivity index (χ0) is 13.9. The number of rotatable bonds is 2. The third kappa shape index (κ3) is 3.20. The monoisotopic (exact) mass is 260 g/mol. The van der Waals surface area contributed by atoms with Gasteiger partial charge in [0.05, 0.1) is 11.6 Å². The van der Waals surface area contributed by atoms with Gasteiger partial charge in [0.25, 0.3) is 0 Å². The molecule has 1 rings (SSSR count). The summed E-state index contributed by atoms with van der Waals surface area (Å²) in [7, 11) is 0. The summed E-state index contributed by atoms with van der Waals surface area (Å²) in [5.41, 5.74) is -2.03. The average Bonchev–Trinajstić information content (AvgIpc) is 2.21. The smallest absolute Gasteiger partial charge is 0.325 e. The number of nitrogens with zero attached hydrogens (tertiary/aromatic N) is 1. The molecule has 1 amide bonds. The van der Waals surface area contributed by atoms with Crippen molar-refractivity contribution in [1.82, 2.24) is 0 Å². The van der Waals surface area contributed by atoms with Gasteiger partial charge in [-0.2, -0.15) is 18.4 Å². The Morgan fingerprint density at radius 1 is 1.44 bits per heavy atom. The van der Waals surface area contributed by atoms with Gasteiger partial charge in [-0.25, -0.2) is 4.39 Å². The summed E-state index contributed by atoms with van der Waals surface area (Å²) >= 11 is 0. The molecule has 1 aromatic carbocycles. The molecule has 18 heavy (non-hydrogen) atoms. The Morgan fingerprint density at radius 3 is 2.56 bits per heavy atom. The maximum atomic E-state index is 13.3. The number of hydrogen-bond acceptors (Lipinski definition) is 2. The van der Waals surface area contributed by atoms with Crippen LogP contribution in [0, 0.1) is 24.1 Å². The molecule has 96 valence electrons. The van der Waals surface area contributed by atoms with Crippen molar-refractivity contribution >= 4 is 11.6 Å². The van der Waals surface area contributed by atoms with Gasteiger partial charge in [0.2, 0.25) is 5.91 Å². The first kappa shape index (κ1) is 14.0. The fourth-order valence-corrected chi connectivity index (χ4v) is 1.32. The van der Waals surface area contributed by atoms with E-state index in [9.17, 15) is 22.4 Å². The Balaban J connectivity index is 3.14. The molecular formula is C11H8F4N2O. The maximum Gasteiger partial charge on any atom is 0.416 e. The lowest BCUT2D eigenvalue weighted by Gasteiger charge is -2.13. The van der Waals surface area contributed by atoms with E-state index in [1.807, 2.05) is 5.32 Å². The van der Waals surface area contributed by atoms with Crippen LogP contribution in [0.3, 0.4) is 0 Å². The highest BCUT2D eigenvalue weighted by Crippen LogP contribution is 2.34. The number of nitrogens with one attached hydrogen (secondary N) is 1. The second-order valence-corrected chi connectivity index (χ2v) is 3.51. The largest absolute Gasteiger partial charge is 0.416 e. The van der Waals surface area contributed by atoms with Crippen LogP contribution in [0.5, 0.6) is 0 Å². The van der Waals surface area contributed by atoms with E-state index >= 15 is 0 Å². The number of alkyl halides is 3. The number of nitriles is 1. The first-order chi connectivity index (χ1) is 8.25. The van der Waals surface area contributed by atoms with E-state index in [4.69, 9.17) is 5.26 Å². The van der Waals surface area contributed by atoms with Crippen LogP contribution < -0.4 is 5.32 Å². The molecule has 0 bridgehead atoms. The number of anilines is 1. The van der Waals surface area contributed by atoms with Gasteiger partial charge in [-0.05, 0) is 24.6 Å². The number of benzene rings is 1. The van der Waals surface area contributed by atoms with Gasteiger partial charge in [0.1, 0.15) is 12.2 Å². The summed E-state index contributed by atoms with van der Waals surface area (Å²) in [6.45, 7) is 0.999. The first-order valence-corrected chi connectivity index (χ1v) is 4.80. The highest BCUT2D eigenvalue weighted by atomic mass is 19.4. The molecule has 0 aliphatic rings. The number of amides is 1. The third-order valence-corrected chi connectivity index (χ3v) is 2.17.